The van der Waals surface area contributed by atoms with Gasteiger partial charge in [-0.1, -0.05) is 38.5 Å². The fraction of sp³-hybridized carbons (Fsp3) is 0.545. The highest BCUT2D eigenvalue weighted by Gasteiger charge is 2.57. The van der Waals surface area contributed by atoms with Crippen LogP contribution in [0, 0.1) is 5.92 Å². The normalized spacial score (nSPS) is 24.0. The second-order valence-electron chi connectivity index (χ2n) is 8.72. The van der Waals surface area contributed by atoms with Crippen LogP contribution in [0.4, 0.5) is 0 Å². The van der Waals surface area contributed by atoms with Gasteiger partial charge in [-0.05, 0) is 38.3 Å². The summed E-state index contributed by atoms with van der Waals surface area (Å²) in [7, 11) is 0. The Balaban J connectivity index is 1.74. The number of rotatable bonds is 7. The highest BCUT2D eigenvalue weighted by molar-refractivity contribution is 8.01. The quantitative estimate of drug-likeness (QED) is 0.590. The lowest BCUT2D eigenvalue weighted by Crippen LogP contribution is -2.58. The molecule has 0 aromatic heterocycles. The monoisotopic (exact) mass is 447 g/mol. The summed E-state index contributed by atoms with van der Waals surface area (Å²) in [6, 6.07) is 4.59. The molecule has 0 spiro atoms. The van der Waals surface area contributed by atoms with Crippen molar-refractivity contribution in [1.29, 1.82) is 0 Å². The lowest BCUT2D eigenvalue weighted by atomic mass is 9.98. The molecule has 1 saturated heterocycles. The zero-order chi connectivity index (χ0) is 23.1. The summed E-state index contributed by atoms with van der Waals surface area (Å²) in [5, 5.41) is 14.3. The van der Waals surface area contributed by atoms with E-state index in [0.29, 0.717) is 12.0 Å². The molecule has 31 heavy (non-hydrogen) atoms. The number of nitrogens with one attached hydrogen (secondary N) is 2. The molecule has 8 nitrogen and oxygen atoms in total. The van der Waals surface area contributed by atoms with Crippen molar-refractivity contribution in [2.75, 3.05) is 0 Å². The number of hydrogen-bond acceptors (Lipinski definition) is 5. The summed E-state index contributed by atoms with van der Waals surface area (Å²) >= 11 is 1.54. The molecule has 3 rings (SSSR count). The van der Waals surface area contributed by atoms with Gasteiger partial charge in [0.15, 0.2) is 0 Å². The molecule has 1 aromatic rings. The van der Waals surface area contributed by atoms with Crippen LogP contribution in [0.25, 0.3) is 0 Å². The predicted octanol–water partition coefficient (Wildman–Crippen LogP) is 2.16. The Morgan fingerprint density at radius 3 is 2.45 bits per heavy atom. The van der Waals surface area contributed by atoms with Crippen LogP contribution in [-0.4, -0.2) is 56.6 Å². The Labute approximate surface area is 186 Å². The van der Waals surface area contributed by atoms with E-state index in [1.807, 2.05) is 32.9 Å². The molecule has 0 aliphatic carbocycles. The second-order valence-corrected chi connectivity index (χ2v) is 10.5. The topological polar surface area (TPSA) is 116 Å². The minimum absolute atomic E-state index is 0.196. The fourth-order valence-corrected chi connectivity index (χ4v) is 5.71. The largest absolute Gasteiger partial charge is 0.480 e. The number of carbonyl (C=O) groups is 4. The van der Waals surface area contributed by atoms with Crippen molar-refractivity contribution < 1.29 is 24.3 Å². The number of hydrogen-bond donors (Lipinski definition) is 3. The number of benzene rings is 1. The van der Waals surface area contributed by atoms with Crippen molar-refractivity contribution in [2.24, 2.45) is 5.92 Å². The first-order chi connectivity index (χ1) is 14.5. The number of nitrogens with zero attached hydrogens (tertiary/aromatic N) is 1. The Morgan fingerprint density at radius 2 is 1.84 bits per heavy atom. The molecule has 1 aromatic carbocycles. The Kier molecular flexibility index (Phi) is 6.36. The van der Waals surface area contributed by atoms with E-state index in [2.05, 4.69) is 10.6 Å². The van der Waals surface area contributed by atoms with Crippen LogP contribution in [0.5, 0.6) is 0 Å². The van der Waals surface area contributed by atoms with E-state index >= 15 is 0 Å². The molecule has 1 fully saturated rings. The van der Waals surface area contributed by atoms with Crippen molar-refractivity contribution in [3.05, 3.63) is 35.4 Å². The summed E-state index contributed by atoms with van der Waals surface area (Å²) in [4.78, 5) is 51.9. The minimum Gasteiger partial charge on any atom is -0.480 e. The van der Waals surface area contributed by atoms with Crippen LogP contribution in [-0.2, 0) is 14.4 Å². The van der Waals surface area contributed by atoms with E-state index < -0.39 is 40.7 Å². The van der Waals surface area contributed by atoms with Crippen molar-refractivity contribution in [3.63, 3.8) is 0 Å². The molecular weight excluding hydrogens is 418 g/mol. The van der Waals surface area contributed by atoms with Gasteiger partial charge < -0.3 is 20.6 Å². The smallest absolute Gasteiger partial charge is 0.326 e. The molecule has 168 valence electrons. The number of fused-ring (bicyclic) bond motifs is 3. The highest BCUT2D eigenvalue weighted by atomic mass is 32.2. The molecular formula is C22H29N3O5S. The number of carboxylic acid groups (broad SMARTS) is 1. The molecule has 0 saturated carbocycles. The summed E-state index contributed by atoms with van der Waals surface area (Å²) < 4.78 is -0.561. The van der Waals surface area contributed by atoms with Crippen molar-refractivity contribution in [3.8, 4) is 0 Å². The average Bonchev–Trinajstić information content (AvgIpc) is 3.14. The molecule has 2 heterocycles. The SMILES string of the molecule is CC[C@@H](C)[C@H](NC(=O)[C@H](C)NC(=O)[C@@H]1N2C(=O)c3ccccc3[C@H]2SC1(C)C)C(=O)O. The Bertz CT molecular complexity index is 918. The molecule has 3 amide bonds. The van der Waals surface area contributed by atoms with E-state index in [1.165, 1.54) is 6.92 Å². The molecule has 0 radical (unpaired) electrons. The Hall–Kier alpha value is -2.55. The van der Waals surface area contributed by atoms with Crippen LogP contribution in [0.1, 0.15) is 62.3 Å². The third kappa shape index (κ3) is 4.15. The van der Waals surface area contributed by atoms with Crippen LogP contribution in [0.15, 0.2) is 24.3 Å². The van der Waals surface area contributed by atoms with Gasteiger partial charge >= 0.3 is 5.97 Å². The van der Waals surface area contributed by atoms with Crippen molar-refractivity contribution in [1.82, 2.24) is 15.5 Å². The van der Waals surface area contributed by atoms with Crippen LogP contribution < -0.4 is 10.6 Å². The maximum Gasteiger partial charge on any atom is 0.326 e. The summed E-state index contributed by atoms with van der Waals surface area (Å²) in [6.45, 7) is 8.92. The minimum atomic E-state index is -1.11. The third-order valence-electron chi connectivity index (χ3n) is 6.07. The average molecular weight is 448 g/mol. The number of carboxylic acids is 1. The zero-order valence-corrected chi connectivity index (χ0v) is 19.2. The van der Waals surface area contributed by atoms with Gasteiger partial charge in [-0.25, -0.2) is 4.79 Å². The van der Waals surface area contributed by atoms with Gasteiger partial charge in [0, 0.05) is 10.3 Å². The summed E-state index contributed by atoms with van der Waals surface area (Å²) in [5.41, 5.74) is 1.49. The highest BCUT2D eigenvalue weighted by Crippen LogP contribution is 2.56. The molecule has 0 bridgehead atoms. The zero-order valence-electron chi connectivity index (χ0n) is 18.3. The van der Waals surface area contributed by atoms with Crippen molar-refractivity contribution in [2.45, 2.75) is 69.3 Å². The number of aliphatic carboxylic acids is 1. The van der Waals surface area contributed by atoms with E-state index in [4.69, 9.17) is 0 Å². The molecule has 2 aliphatic rings. The fourth-order valence-electron chi connectivity index (χ4n) is 4.12. The summed E-state index contributed by atoms with van der Waals surface area (Å²) in [6.07, 6.45) is 0.588. The summed E-state index contributed by atoms with van der Waals surface area (Å²) in [5.74, 6) is -2.57. The first-order valence-electron chi connectivity index (χ1n) is 10.4. The molecule has 0 unspecified atom stereocenters. The van der Waals surface area contributed by atoms with Crippen molar-refractivity contribution >= 4 is 35.5 Å². The van der Waals surface area contributed by atoms with E-state index in [-0.39, 0.29) is 17.2 Å². The predicted molar refractivity (Wildman–Crippen MR) is 117 cm³/mol. The lowest BCUT2D eigenvalue weighted by molar-refractivity contribution is -0.143. The van der Waals surface area contributed by atoms with Gasteiger partial charge in [0.25, 0.3) is 5.91 Å². The molecule has 5 atom stereocenters. The first kappa shape index (κ1) is 23.1. The van der Waals surface area contributed by atoms with Gasteiger partial charge in [0.05, 0.1) is 0 Å². The standard InChI is InChI=1S/C22H29N3O5S/c1-6-11(2)15(21(29)30)24-17(26)12(3)23-18(27)16-22(4,5)31-20-14-10-8-7-9-13(14)19(28)25(16)20/h7-12,15-16,20H,6H2,1-5H3,(H,23,27)(H,24,26)(H,29,30)/t11-,12+,15+,16+,20-/m1/s1. The van der Waals surface area contributed by atoms with Crippen LogP contribution in [0.2, 0.25) is 0 Å². The van der Waals surface area contributed by atoms with Gasteiger partial charge in [0.2, 0.25) is 11.8 Å². The molecule has 3 N–H and O–H groups in total. The van der Waals surface area contributed by atoms with E-state index in [1.54, 1.807) is 35.7 Å². The van der Waals surface area contributed by atoms with Gasteiger partial charge in [-0.2, -0.15) is 0 Å². The molecule has 9 heteroatoms. The van der Waals surface area contributed by atoms with E-state index in [9.17, 15) is 24.3 Å². The Morgan fingerprint density at radius 1 is 1.19 bits per heavy atom. The van der Waals surface area contributed by atoms with Gasteiger partial charge in [0.1, 0.15) is 23.5 Å². The molecule has 2 aliphatic heterocycles. The lowest BCUT2D eigenvalue weighted by Gasteiger charge is -2.31. The number of thioether (sulfide) groups is 1. The third-order valence-corrected chi connectivity index (χ3v) is 7.61. The maximum absolute atomic E-state index is 13.2. The van der Waals surface area contributed by atoms with Gasteiger partial charge in [-0.15, -0.1) is 11.8 Å². The van der Waals surface area contributed by atoms with Gasteiger partial charge in [-0.3, -0.25) is 14.4 Å². The number of carbonyl (C=O) groups excluding carboxylic acids is 3. The van der Waals surface area contributed by atoms with E-state index in [0.717, 1.165) is 5.56 Å². The van der Waals surface area contributed by atoms with Crippen LogP contribution >= 0.6 is 11.8 Å². The number of amides is 3. The maximum atomic E-state index is 13.2. The second kappa shape index (κ2) is 8.53. The first-order valence-corrected chi connectivity index (χ1v) is 11.3. The van der Waals surface area contributed by atoms with Crippen LogP contribution in [0.3, 0.4) is 0 Å².